The molecule has 7 nitrogen and oxygen atoms in total. The molecule has 1 aliphatic rings. The predicted molar refractivity (Wildman–Crippen MR) is 77.4 cm³/mol. The molecule has 1 fully saturated rings. The first-order chi connectivity index (χ1) is 10.6. The van der Waals surface area contributed by atoms with Crippen molar-refractivity contribution < 1.29 is 14.1 Å². The predicted octanol–water partition coefficient (Wildman–Crippen LogP) is 1.98. The van der Waals surface area contributed by atoms with Gasteiger partial charge in [-0.15, -0.1) is 0 Å². The zero-order valence-electron chi connectivity index (χ0n) is 11.7. The molecule has 2 amide bonds. The topological polar surface area (TPSA) is 97.1 Å². The van der Waals surface area contributed by atoms with Gasteiger partial charge in [-0.1, -0.05) is 16.8 Å². The molecule has 0 bridgehead atoms. The summed E-state index contributed by atoms with van der Waals surface area (Å²) in [6.45, 7) is 1.69. The van der Waals surface area contributed by atoms with Crippen molar-refractivity contribution in [2.24, 2.45) is 0 Å². The van der Waals surface area contributed by atoms with E-state index in [1.54, 1.807) is 6.92 Å². The van der Waals surface area contributed by atoms with Crippen LogP contribution in [0.2, 0.25) is 5.15 Å². The number of amides is 2. The van der Waals surface area contributed by atoms with Crippen LogP contribution in [0.5, 0.6) is 0 Å². The van der Waals surface area contributed by atoms with Crippen molar-refractivity contribution >= 4 is 23.4 Å². The van der Waals surface area contributed by atoms with Gasteiger partial charge in [0.2, 0.25) is 0 Å². The van der Waals surface area contributed by atoms with Gasteiger partial charge in [-0.05, 0) is 31.9 Å². The van der Waals surface area contributed by atoms with E-state index in [-0.39, 0.29) is 16.6 Å². The number of pyridine rings is 1. The first-order valence-electron chi connectivity index (χ1n) is 6.74. The van der Waals surface area contributed by atoms with Gasteiger partial charge in [-0.25, -0.2) is 4.98 Å². The highest BCUT2D eigenvalue weighted by Crippen LogP contribution is 2.42. The highest BCUT2D eigenvalue weighted by Gasteiger charge is 2.34. The largest absolute Gasteiger partial charge is 0.360 e. The second-order valence-electron chi connectivity index (χ2n) is 5.06. The van der Waals surface area contributed by atoms with Crippen LogP contribution in [-0.2, 0) is 0 Å². The summed E-state index contributed by atoms with van der Waals surface area (Å²) >= 11 is 5.65. The van der Waals surface area contributed by atoms with Gasteiger partial charge in [0.1, 0.15) is 10.7 Å². The summed E-state index contributed by atoms with van der Waals surface area (Å²) in [5.41, 5.74) is 5.87. The van der Waals surface area contributed by atoms with Crippen LogP contribution < -0.4 is 10.9 Å². The molecule has 22 heavy (non-hydrogen) atoms. The SMILES string of the molecule is Cc1noc(C2CC2)c1C(=O)NNC(=O)c1ccc(Cl)nc1. The first-order valence-corrected chi connectivity index (χ1v) is 7.12. The van der Waals surface area contributed by atoms with Crippen LogP contribution in [0.15, 0.2) is 22.9 Å². The molecule has 2 aromatic rings. The number of nitrogens with one attached hydrogen (secondary N) is 2. The van der Waals surface area contributed by atoms with Crippen molar-refractivity contribution in [2.75, 3.05) is 0 Å². The van der Waals surface area contributed by atoms with Gasteiger partial charge < -0.3 is 4.52 Å². The minimum Gasteiger partial charge on any atom is -0.360 e. The summed E-state index contributed by atoms with van der Waals surface area (Å²) in [5, 5.41) is 4.11. The molecule has 1 saturated carbocycles. The molecule has 0 aromatic carbocycles. The third-order valence-corrected chi connectivity index (χ3v) is 3.57. The number of aromatic nitrogens is 2. The van der Waals surface area contributed by atoms with Gasteiger partial charge in [0.15, 0.2) is 5.76 Å². The van der Waals surface area contributed by atoms with Crippen molar-refractivity contribution in [3.63, 3.8) is 0 Å². The number of hydrogen-bond acceptors (Lipinski definition) is 5. The number of rotatable bonds is 3. The molecule has 0 atom stereocenters. The summed E-state index contributed by atoms with van der Waals surface area (Å²) in [4.78, 5) is 27.9. The second-order valence-corrected chi connectivity index (χ2v) is 5.45. The van der Waals surface area contributed by atoms with Crippen molar-refractivity contribution in [3.8, 4) is 0 Å². The zero-order valence-corrected chi connectivity index (χ0v) is 12.5. The fourth-order valence-electron chi connectivity index (χ4n) is 2.05. The molecule has 1 aliphatic carbocycles. The Hall–Kier alpha value is -2.41. The third-order valence-electron chi connectivity index (χ3n) is 3.34. The van der Waals surface area contributed by atoms with Gasteiger partial charge >= 0.3 is 0 Å². The molecule has 2 heterocycles. The second kappa shape index (κ2) is 5.76. The standard InChI is InChI=1S/C14H13ClN4O3/c1-7-11(12(22-19-7)8-2-3-8)14(21)18-17-13(20)9-4-5-10(15)16-6-9/h4-6,8H,2-3H2,1H3,(H,17,20)(H,18,21). The molecule has 0 unspecified atom stereocenters. The number of halogens is 1. The van der Waals surface area contributed by atoms with E-state index in [0.717, 1.165) is 12.8 Å². The van der Waals surface area contributed by atoms with Gasteiger partial charge in [0, 0.05) is 12.1 Å². The van der Waals surface area contributed by atoms with Crippen molar-refractivity contribution in [1.82, 2.24) is 21.0 Å². The highest BCUT2D eigenvalue weighted by molar-refractivity contribution is 6.29. The Balaban J connectivity index is 1.66. The monoisotopic (exact) mass is 320 g/mol. The fourth-order valence-corrected chi connectivity index (χ4v) is 2.16. The van der Waals surface area contributed by atoms with E-state index < -0.39 is 11.8 Å². The smallest absolute Gasteiger partial charge is 0.275 e. The Morgan fingerprint density at radius 3 is 2.64 bits per heavy atom. The van der Waals surface area contributed by atoms with E-state index >= 15 is 0 Å². The minimum atomic E-state index is -0.486. The lowest BCUT2D eigenvalue weighted by Crippen LogP contribution is -2.42. The van der Waals surface area contributed by atoms with Crippen LogP contribution in [0.4, 0.5) is 0 Å². The van der Waals surface area contributed by atoms with Gasteiger partial charge in [0.25, 0.3) is 11.8 Å². The lowest BCUT2D eigenvalue weighted by atomic mass is 10.1. The van der Waals surface area contributed by atoms with E-state index in [9.17, 15) is 9.59 Å². The Kier molecular flexibility index (Phi) is 3.81. The number of hydrogen-bond donors (Lipinski definition) is 2. The maximum atomic E-state index is 12.2. The van der Waals surface area contributed by atoms with E-state index in [1.165, 1.54) is 18.3 Å². The number of hydrazine groups is 1. The maximum absolute atomic E-state index is 12.2. The molecule has 0 spiro atoms. The molecule has 3 rings (SSSR count). The van der Waals surface area contributed by atoms with E-state index in [0.29, 0.717) is 17.0 Å². The molecule has 2 N–H and O–H groups in total. The summed E-state index contributed by atoms with van der Waals surface area (Å²) < 4.78 is 5.20. The first kappa shape index (κ1) is 14.5. The van der Waals surface area contributed by atoms with Crippen LogP contribution >= 0.6 is 11.6 Å². The number of nitrogens with zero attached hydrogens (tertiary/aromatic N) is 2. The normalized spacial score (nSPS) is 13.7. The van der Waals surface area contributed by atoms with E-state index in [4.69, 9.17) is 16.1 Å². The molecule has 114 valence electrons. The Morgan fingerprint density at radius 2 is 2.00 bits per heavy atom. The van der Waals surface area contributed by atoms with Crippen LogP contribution in [-0.4, -0.2) is 22.0 Å². The molecule has 0 aliphatic heterocycles. The number of aryl methyl sites for hydroxylation is 1. The van der Waals surface area contributed by atoms with Gasteiger partial charge in [-0.2, -0.15) is 0 Å². The maximum Gasteiger partial charge on any atom is 0.275 e. The molecule has 0 radical (unpaired) electrons. The Labute approximate surface area is 131 Å². The van der Waals surface area contributed by atoms with Crippen molar-refractivity contribution in [3.05, 3.63) is 46.1 Å². The lowest BCUT2D eigenvalue weighted by Gasteiger charge is -2.07. The molecule has 2 aromatic heterocycles. The fraction of sp³-hybridized carbons (Fsp3) is 0.286. The number of carbonyl (C=O) groups is 2. The summed E-state index contributed by atoms with van der Waals surface area (Å²) in [7, 11) is 0. The summed E-state index contributed by atoms with van der Waals surface area (Å²) in [6.07, 6.45) is 3.29. The Morgan fingerprint density at radius 1 is 1.27 bits per heavy atom. The van der Waals surface area contributed by atoms with Crippen molar-refractivity contribution in [2.45, 2.75) is 25.7 Å². The number of carbonyl (C=O) groups excluding carboxylic acids is 2. The highest BCUT2D eigenvalue weighted by atomic mass is 35.5. The van der Waals surface area contributed by atoms with Crippen LogP contribution in [0.25, 0.3) is 0 Å². The summed E-state index contributed by atoms with van der Waals surface area (Å²) in [5.74, 6) is -0.106. The average molecular weight is 321 g/mol. The zero-order chi connectivity index (χ0) is 15.7. The van der Waals surface area contributed by atoms with Crippen LogP contribution in [0.1, 0.15) is 50.9 Å². The quantitative estimate of drug-likeness (QED) is 0.665. The van der Waals surface area contributed by atoms with E-state index in [2.05, 4.69) is 21.0 Å². The van der Waals surface area contributed by atoms with Gasteiger partial charge in [0.05, 0.1) is 11.3 Å². The molecular formula is C14H13ClN4O3. The molecule has 0 saturated heterocycles. The summed E-state index contributed by atoms with van der Waals surface area (Å²) in [6, 6.07) is 3.00. The minimum absolute atomic E-state index is 0.248. The van der Waals surface area contributed by atoms with Crippen molar-refractivity contribution in [1.29, 1.82) is 0 Å². The molecule has 8 heteroatoms. The average Bonchev–Trinajstić information content (AvgIpc) is 3.28. The third kappa shape index (κ3) is 2.94. The van der Waals surface area contributed by atoms with E-state index in [1.807, 2.05) is 0 Å². The lowest BCUT2D eigenvalue weighted by molar-refractivity contribution is 0.0845. The molecular weight excluding hydrogens is 308 g/mol. The Bertz CT molecular complexity index is 722. The van der Waals surface area contributed by atoms with Crippen LogP contribution in [0, 0.1) is 6.92 Å². The van der Waals surface area contributed by atoms with Crippen LogP contribution in [0.3, 0.4) is 0 Å². The van der Waals surface area contributed by atoms with Gasteiger partial charge in [-0.3, -0.25) is 20.4 Å².